The smallest absolute Gasteiger partial charge is 0.227 e. The minimum Gasteiger partial charge on any atom is -0.494 e. The van der Waals surface area contributed by atoms with Crippen LogP contribution in [0, 0.1) is 12.7 Å². The largest absolute Gasteiger partial charge is 0.494 e. The first-order valence-electron chi connectivity index (χ1n) is 16.2. The molecule has 46 heavy (non-hydrogen) atoms. The number of benzene rings is 2. The molecule has 0 unspecified atom stereocenters. The molecule has 11 heteroatoms. The lowest BCUT2D eigenvalue weighted by molar-refractivity contribution is -0.133. The van der Waals surface area contributed by atoms with Crippen molar-refractivity contribution in [1.29, 1.82) is 0 Å². The van der Waals surface area contributed by atoms with Gasteiger partial charge in [0.2, 0.25) is 17.7 Å². The first-order valence-corrected chi connectivity index (χ1v) is 16.2. The summed E-state index contributed by atoms with van der Waals surface area (Å²) in [7, 11) is 0. The summed E-state index contributed by atoms with van der Waals surface area (Å²) in [6, 6.07) is 12.3. The Kier molecular flexibility index (Phi) is 9.65. The molecule has 0 radical (unpaired) electrons. The van der Waals surface area contributed by atoms with E-state index >= 15 is 0 Å². The summed E-state index contributed by atoms with van der Waals surface area (Å²) in [5.41, 5.74) is 3.38. The van der Waals surface area contributed by atoms with Gasteiger partial charge in [-0.05, 0) is 68.5 Å². The fourth-order valence-corrected chi connectivity index (χ4v) is 6.49. The van der Waals surface area contributed by atoms with E-state index in [2.05, 4.69) is 15.3 Å². The predicted octanol–water partition coefficient (Wildman–Crippen LogP) is 4.61. The number of ether oxygens (including phenoxy) is 1. The number of aromatic nitrogens is 3. The molecule has 2 bridgehead atoms. The quantitative estimate of drug-likeness (QED) is 0.343. The first kappa shape index (κ1) is 31.3. The number of hydrogen-bond donors (Lipinski definition) is 2. The number of aromatic amines is 1. The van der Waals surface area contributed by atoms with Crippen LogP contribution >= 0.6 is 0 Å². The van der Waals surface area contributed by atoms with Crippen molar-refractivity contribution in [3.63, 3.8) is 0 Å². The molecule has 6 rings (SSSR count). The summed E-state index contributed by atoms with van der Waals surface area (Å²) in [6.07, 6.45) is 7.36. The number of aryl methyl sites for hydroxylation is 1. The summed E-state index contributed by atoms with van der Waals surface area (Å²) in [6.45, 7) is 5.02. The number of halogens is 1. The van der Waals surface area contributed by atoms with Crippen molar-refractivity contribution in [1.82, 2.24) is 29.7 Å². The molecular formula is C35H41FN6O4. The zero-order valence-electron chi connectivity index (χ0n) is 26.3. The average molecular weight is 629 g/mol. The van der Waals surface area contributed by atoms with E-state index in [1.807, 2.05) is 51.8 Å². The van der Waals surface area contributed by atoms with Crippen LogP contribution in [0.3, 0.4) is 0 Å². The molecule has 1 saturated heterocycles. The molecule has 0 saturated carbocycles. The second-order valence-electron chi connectivity index (χ2n) is 12.2. The summed E-state index contributed by atoms with van der Waals surface area (Å²) in [5, 5.41) is 3.63. The van der Waals surface area contributed by atoms with Crippen LogP contribution < -0.4 is 10.1 Å². The van der Waals surface area contributed by atoms with Gasteiger partial charge in [0.25, 0.3) is 0 Å². The zero-order valence-corrected chi connectivity index (χ0v) is 26.3. The van der Waals surface area contributed by atoms with Crippen LogP contribution in [0.5, 0.6) is 5.75 Å². The van der Waals surface area contributed by atoms with Crippen molar-refractivity contribution in [2.75, 3.05) is 32.8 Å². The van der Waals surface area contributed by atoms with Gasteiger partial charge in [-0.25, -0.2) is 9.37 Å². The number of rotatable bonds is 4. The SMILES string of the molecule is Cc1[nH]c2ccc(F)cc2c1CC(=O)N1CCCCN(C(=O)C[C@@H]2CCC(=O)N2)CCCOc2cccc(c2)-c2nccn2CC1. The van der Waals surface area contributed by atoms with Crippen LogP contribution in [-0.4, -0.2) is 80.9 Å². The standard InChI is InChI=1S/C35H41FN6O4/c1-24-29(30-21-26(36)8-10-31(30)38-24)23-34(45)41-14-3-2-13-40(33(44)22-27-9-11-32(43)39-27)15-5-19-46-28-7-4-6-25(20-28)35-37-12-16-42(35)18-17-41/h4,6-8,10,12,16,20-21,27,38H,2-3,5,9,11,13-15,17-19,22-23H2,1H3,(H,39,43)/t27-/m0/s1. The van der Waals surface area contributed by atoms with Crippen LogP contribution in [0.1, 0.15) is 49.8 Å². The number of imidazole rings is 1. The van der Waals surface area contributed by atoms with Gasteiger partial charge in [0.1, 0.15) is 17.4 Å². The Morgan fingerprint density at radius 3 is 2.61 bits per heavy atom. The highest BCUT2D eigenvalue weighted by atomic mass is 19.1. The average Bonchev–Trinajstić information content (AvgIpc) is 3.76. The lowest BCUT2D eigenvalue weighted by Crippen LogP contribution is -2.39. The topological polar surface area (TPSA) is 113 Å². The predicted molar refractivity (Wildman–Crippen MR) is 173 cm³/mol. The highest BCUT2D eigenvalue weighted by Crippen LogP contribution is 2.26. The molecule has 2 N–H and O–H groups in total. The number of carbonyl (C=O) groups excluding carboxylic acids is 3. The van der Waals surface area contributed by atoms with Gasteiger partial charge in [0.05, 0.1) is 13.0 Å². The van der Waals surface area contributed by atoms with Crippen LogP contribution in [-0.2, 0) is 27.3 Å². The summed E-state index contributed by atoms with van der Waals surface area (Å²) in [4.78, 5) is 50.6. The molecule has 2 aliphatic rings. The highest BCUT2D eigenvalue weighted by molar-refractivity contribution is 5.90. The Morgan fingerprint density at radius 1 is 1.00 bits per heavy atom. The maximum Gasteiger partial charge on any atom is 0.227 e. The Hall–Kier alpha value is -4.67. The number of amides is 3. The fraction of sp³-hybridized carbons (Fsp3) is 0.429. The third-order valence-corrected chi connectivity index (χ3v) is 8.99. The highest BCUT2D eigenvalue weighted by Gasteiger charge is 2.26. The number of hydrogen-bond acceptors (Lipinski definition) is 5. The molecule has 1 atom stereocenters. The van der Waals surface area contributed by atoms with Crippen LogP contribution in [0.15, 0.2) is 54.9 Å². The number of H-pyrrole nitrogens is 1. The van der Waals surface area contributed by atoms with Gasteiger partial charge in [0.15, 0.2) is 0 Å². The molecule has 2 aliphatic heterocycles. The lowest BCUT2D eigenvalue weighted by atomic mass is 10.1. The second kappa shape index (κ2) is 14.2. The number of nitrogens with zero attached hydrogens (tertiary/aromatic N) is 4. The van der Waals surface area contributed by atoms with Gasteiger partial charge < -0.3 is 29.4 Å². The van der Waals surface area contributed by atoms with E-state index in [0.717, 1.165) is 45.7 Å². The van der Waals surface area contributed by atoms with E-state index in [0.29, 0.717) is 65.0 Å². The third kappa shape index (κ3) is 7.41. The molecular weight excluding hydrogens is 587 g/mol. The lowest BCUT2D eigenvalue weighted by Gasteiger charge is -2.26. The first-order chi connectivity index (χ1) is 22.3. The molecule has 2 aromatic heterocycles. The van der Waals surface area contributed by atoms with Crippen molar-refractivity contribution in [2.24, 2.45) is 0 Å². The van der Waals surface area contributed by atoms with E-state index in [-0.39, 0.29) is 42.4 Å². The Morgan fingerprint density at radius 2 is 1.80 bits per heavy atom. The van der Waals surface area contributed by atoms with Gasteiger partial charge in [-0.2, -0.15) is 0 Å². The summed E-state index contributed by atoms with van der Waals surface area (Å²) in [5.74, 6) is 1.17. The van der Waals surface area contributed by atoms with Crippen molar-refractivity contribution in [2.45, 2.75) is 64.5 Å². The van der Waals surface area contributed by atoms with Crippen molar-refractivity contribution in [3.05, 3.63) is 71.9 Å². The van der Waals surface area contributed by atoms with Crippen molar-refractivity contribution in [3.8, 4) is 17.1 Å². The summed E-state index contributed by atoms with van der Waals surface area (Å²) >= 11 is 0. The normalized spacial score (nSPS) is 18.1. The minimum absolute atomic E-state index is 0.00279. The maximum absolute atomic E-state index is 14.1. The fourth-order valence-electron chi connectivity index (χ4n) is 6.49. The van der Waals surface area contributed by atoms with Gasteiger partial charge >= 0.3 is 0 Å². The van der Waals surface area contributed by atoms with E-state index in [9.17, 15) is 18.8 Å². The summed E-state index contributed by atoms with van der Waals surface area (Å²) < 4.78 is 22.3. The zero-order chi connectivity index (χ0) is 32.0. The van der Waals surface area contributed by atoms with Gasteiger partial charge in [-0.1, -0.05) is 12.1 Å². The van der Waals surface area contributed by atoms with Crippen LogP contribution in [0.2, 0.25) is 0 Å². The Bertz CT molecular complexity index is 1710. The maximum atomic E-state index is 14.1. The molecule has 10 nitrogen and oxygen atoms in total. The van der Waals surface area contributed by atoms with Gasteiger partial charge in [0, 0.05) is 86.2 Å². The Labute approximate surface area is 267 Å². The minimum atomic E-state index is -0.336. The molecule has 0 spiro atoms. The molecule has 1 fully saturated rings. The number of fused-ring (bicyclic) bond motifs is 5. The molecule has 242 valence electrons. The molecule has 4 aromatic rings. The number of nitrogens with one attached hydrogen (secondary N) is 2. The van der Waals surface area contributed by atoms with Crippen LogP contribution in [0.4, 0.5) is 4.39 Å². The monoisotopic (exact) mass is 628 g/mol. The van der Waals surface area contributed by atoms with E-state index in [1.165, 1.54) is 12.1 Å². The molecule has 2 aromatic carbocycles. The van der Waals surface area contributed by atoms with Crippen molar-refractivity contribution < 1.29 is 23.5 Å². The molecule has 4 heterocycles. The molecule has 3 amide bonds. The van der Waals surface area contributed by atoms with E-state index in [4.69, 9.17) is 4.74 Å². The number of carbonyl (C=O) groups is 3. The second-order valence-corrected chi connectivity index (χ2v) is 12.2. The molecule has 0 aliphatic carbocycles. The van der Waals surface area contributed by atoms with Gasteiger partial charge in [-0.15, -0.1) is 0 Å². The van der Waals surface area contributed by atoms with E-state index < -0.39 is 0 Å². The van der Waals surface area contributed by atoms with Crippen molar-refractivity contribution >= 4 is 28.6 Å². The van der Waals surface area contributed by atoms with Gasteiger partial charge in [-0.3, -0.25) is 14.4 Å². The third-order valence-electron chi connectivity index (χ3n) is 8.99. The van der Waals surface area contributed by atoms with E-state index in [1.54, 1.807) is 12.3 Å². The Balaban J connectivity index is 1.22. The van der Waals surface area contributed by atoms with Crippen LogP contribution in [0.25, 0.3) is 22.3 Å².